The van der Waals surface area contributed by atoms with Crippen molar-refractivity contribution in [3.05, 3.63) is 28.7 Å². The van der Waals surface area contributed by atoms with Gasteiger partial charge in [-0.25, -0.2) is 0 Å². The largest absolute Gasteiger partial charge is 0.325 e. The molecular weight excluding hydrogens is 252 g/mol. The summed E-state index contributed by atoms with van der Waals surface area (Å²) in [6.45, 7) is 2.53. The van der Waals surface area contributed by atoms with Crippen molar-refractivity contribution in [1.82, 2.24) is 4.57 Å². The van der Waals surface area contributed by atoms with Crippen molar-refractivity contribution in [2.45, 2.75) is 58.4 Å². The van der Waals surface area contributed by atoms with E-state index in [4.69, 9.17) is 0 Å². The number of aryl methyl sites for hydroxylation is 1. The maximum atomic E-state index is 11.9. The Bertz CT molecular complexity index is 501. The zero-order valence-corrected chi connectivity index (χ0v) is 12.2. The van der Waals surface area contributed by atoms with E-state index >= 15 is 0 Å². The van der Waals surface area contributed by atoms with Gasteiger partial charge in [0, 0.05) is 25.2 Å². The summed E-state index contributed by atoms with van der Waals surface area (Å²) < 4.78 is 1.59. The summed E-state index contributed by atoms with van der Waals surface area (Å²) in [5, 5.41) is 2.88. The summed E-state index contributed by atoms with van der Waals surface area (Å²) in [6, 6.07) is 3.17. The minimum absolute atomic E-state index is 0.0345. The van der Waals surface area contributed by atoms with E-state index in [9.17, 15) is 9.59 Å². The van der Waals surface area contributed by atoms with Gasteiger partial charge in [-0.2, -0.15) is 0 Å². The van der Waals surface area contributed by atoms with Crippen molar-refractivity contribution in [1.29, 1.82) is 0 Å². The summed E-state index contributed by atoms with van der Waals surface area (Å²) in [7, 11) is 0. The molecule has 1 aliphatic carbocycles. The van der Waals surface area contributed by atoms with Crippen molar-refractivity contribution in [2.75, 3.05) is 5.32 Å². The minimum Gasteiger partial charge on any atom is -0.325 e. The number of nitrogens with zero attached hydrogens (tertiary/aromatic N) is 1. The van der Waals surface area contributed by atoms with Gasteiger partial charge in [-0.1, -0.05) is 32.1 Å². The maximum Gasteiger partial charge on any atom is 0.250 e. The molecule has 4 heteroatoms. The Morgan fingerprint density at radius 2 is 2.05 bits per heavy atom. The van der Waals surface area contributed by atoms with Crippen LogP contribution in [-0.2, 0) is 11.3 Å². The molecule has 0 atom stereocenters. The van der Waals surface area contributed by atoms with Gasteiger partial charge in [0.2, 0.25) is 5.91 Å². The first-order valence-corrected chi connectivity index (χ1v) is 7.69. The number of amides is 1. The molecule has 0 bridgehead atoms. The monoisotopic (exact) mass is 276 g/mol. The van der Waals surface area contributed by atoms with Crippen LogP contribution in [0.4, 0.5) is 5.69 Å². The third-order valence-electron chi connectivity index (χ3n) is 4.11. The number of carbonyl (C=O) groups excluding carboxylic acids is 1. The van der Waals surface area contributed by atoms with Gasteiger partial charge in [0.1, 0.15) is 0 Å². The SMILES string of the molecule is CCn1cc(NC(=O)CCC2CCCCC2)ccc1=O. The van der Waals surface area contributed by atoms with E-state index in [1.165, 1.54) is 38.2 Å². The molecule has 0 radical (unpaired) electrons. The number of carbonyl (C=O) groups is 1. The molecule has 1 aromatic heterocycles. The normalized spacial score (nSPS) is 16.1. The highest BCUT2D eigenvalue weighted by atomic mass is 16.1. The Hall–Kier alpha value is -1.58. The first-order chi connectivity index (χ1) is 9.69. The van der Waals surface area contributed by atoms with Gasteiger partial charge in [-0.05, 0) is 25.3 Å². The van der Waals surface area contributed by atoms with Crippen LogP contribution < -0.4 is 10.9 Å². The molecule has 0 spiro atoms. The van der Waals surface area contributed by atoms with Gasteiger partial charge in [-0.3, -0.25) is 9.59 Å². The van der Waals surface area contributed by atoms with Crippen molar-refractivity contribution < 1.29 is 4.79 Å². The smallest absolute Gasteiger partial charge is 0.250 e. The minimum atomic E-state index is -0.0345. The maximum absolute atomic E-state index is 11.9. The second-order valence-corrected chi connectivity index (χ2v) is 5.63. The van der Waals surface area contributed by atoms with Gasteiger partial charge < -0.3 is 9.88 Å². The van der Waals surface area contributed by atoms with Crippen LogP contribution in [0.3, 0.4) is 0 Å². The molecular formula is C16H24N2O2. The van der Waals surface area contributed by atoms with E-state index < -0.39 is 0 Å². The third kappa shape index (κ3) is 4.22. The van der Waals surface area contributed by atoms with Crippen LogP contribution in [0.25, 0.3) is 0 Å². The molecule has 0 saturated heterocycles. The van der Waals surface area contributed by atoms with Gasteiger partial charge in [0.15, 0.2) is 0 Å². The summed E-state index contributed by atoms with van der Waals surface area (Å²) in [5.41, 5.74) is 0.674. The second-order valence-electron chi connectivity index (χ2n) is 5.63. The Morgan fingerprint density at radius 1 is 1.30 bits per heavy atom. The average Bonchev–Trinajstić information content (AvgIpc) is 2.48. The third-order valence-corrected chi connectivity index (χ3v) is 4.11. The Morgan fingerprint density at radius 3 is 2.75 bits per heavy atom. The predicted molar refractivity (Wildman–Crippen MR) is 80.8 cm³/mol. The van der Waals surface area contributed by atoms with Gasteiger partial charge in [-0.15, -0.1) is 0 Å². The number of anilines is 1. The Kier molecular flexibility index (Phi) is 5.39. The van der Waals surface area contributed by atoms with E-state index in [1.807, 2.05) is 6.92 Å². The molecule has 20 heavy (non-hydrogen) atoms. The van der Waals surface area contributed by atoms with Crippen LogP contribution in [0.15, 0.2) is 23.1 Å². The number of hydrogen-bond acceptors (Lipinski definition) is 2. The molecule has 2 rings (SSSR count). The quantitative estimate of drug-likeness (QED) is 0.898. The molecule has 1 saturated carbocycles. The first kappa shape index (κ1) is 14.8. The highest BCUT2D eigenvalue weighted by Gasteiger charge is 2.14. The zero-order chi connectivity index (χ0) is 14.4. The molecule has 0 aliphatic heterocycles. The zero-order valence-electron chi connectivity index (χ0n) is 12.2. The summed E-state index contributed by atoms with van der Waals surface area (Å²) >= 11 is 0. The predicted octanol–water partition coefficient (Wildman–Crippen LogP) is 3.17. The lowest BCUT2D eigenvalue weighted by Gasteiger charge is -2.21. The van der Waals surface area contributed by atoms with E-state index in [1.54, 1.807) is 16.8 Å². The molecule has 4 nitrogen and oxygen atoms in total. The van der Waals surface area contributed by atoms with Crippen LogP contribution in [-0.4, -0.2) is 10.5 Å². The average molecular weight is 276 g/mol. The molecule has 1 heterocycles. The lowest BCUT2D eigenvalue weighted by Crippen LogP contribution is -2.20. The Labute approximate surface area is 120 Å². The molecule has 1 amide bonds. The van der Waals surface area contributed by atoms with Crippen LogP contribution >= 0.6 is 0 Å². The number of aromatic nitrogens is 1. The molecule has 1 fully saturated rings. The van der Waals surface area contributed by atoms with Crippen molar-refractivity contribution in [3.63, 3.8) is 0 Å². The fourth-order valence-corrected chi connectivity index (χ4v) is 2.89. The fourth-order valence-electron chi connectivity index (χ4n) is 2.89. The number of pyridine rings is 1. The van der Waals surface area contributed by atoms with Crippen LogP contribution in [0.1, 0.15) is 51.9 Å². The highest BCUT2D eigenvalue weighted by Crippen LogP contribution is 2.27. The first-order valence-electron chi connectivity index (χ1n) is 7.69. The topological polar surface area (TPSA) is 51.1 Å². The van der Waals surface area contributed by atoms with E-state index in [0.717, 1.165) is 12.3 Å². The van der Waals surface area contributed by atoms with Crippen LogP contribution in [0.2, 0.25) is 0 Å². The molecule has 1 N–H and O–H groups in total. The van der Waals surface area contributed by atoms with Gasteiger partial charge in [0.25, 0.3) is 5.56 Å². The van der Waals surface area contributed by atoms with Crippen molar-refractivity contribution >= 4 is 11.6 Å². The fraction of sp³-hybridized carbons (Fsp3) is 0.625. The van der Waals surface area contributed by atoms with Crippen LogP contribution in [0, 0.1) is 5.92 Å². The summed E-state index contributed by atoms with van der Waals surface area (Å²) in [4.78, 5) is 23.4. The molecule has 1 aromatic rings. The number of rotatable bonds is 5. The molecule has 1 aliphatic rings. The van der Waals surface area contributed by atoms with Gasteiger partial charge >= 0.3 is 0 Å². The lowest BCUT2D eigenvalue weighted by atomic mass is 9.86. The summed E-state index contributed by atoms with van der Waals surface area (Å²) in [6.07, 6.45) is 9.79. The summed E-state index contributed by atoms with van der Waals surface area (Å²) in [5.74, 6) is 0.774. The van der Waals surface area contributed by atoms with Crippen molar-refractivity contribution in [2.24, 2.45) is 5.92 Å². The number of nitrogens with one attached hydrogen (secondary N) is 1. The molecule has 0 unspecified atom stereocenters. The Balaban J connectivity index is 1.83. The van der Waals surface area contributed by atoms with Gasteiger partial charge in [0.05, 0.1) is 5.69 Å². The van der Waals surface area contributed by atoms with E-state index in [2.05, 4.69) is 5.32 Å². The standard InChI is InChI=1S/C16H24N2O2/c1-2-18-12-14(9-11-16(18)20)17-15(19)10-8-13-6-4-3-5-7-13/h9,11-13H,2-8,10H2,1H3,(H,17,19). The highest BCUT2D eigenvalue weighted by molar-refractivity contribution is 5.90. The number of hydrogen-bond donors (Lipinski definition) is 1. The van der Waals surface area contributed by atoms with E-state index in [-0.39, 0.29) is 11.5 Å². The molecule has 0 aromatic carbocycles. The van der Waals surface area contributed by atoms with Crippen LogP contribution in [0.5, 0.6) is 0 Å². The lowest BCUT2D eigenvalue weighted by molar-refractivity contribution is -0.116. The molecule has 110 valence electrons. The van der Waals surface area contributed by atoms with E-state index in [0.29, 0.717) is 18.7 Å². The second kappa shape index (κ2) is 7.27. The van der Waals surface area contributed by atoms with Crippen molar-refractivity contribution in [3.8, 4) is 0 Å².